The second-order valence-electron chi connectivity index (χ2n) is 5.06. The zero-order valence-electron chi connectivity index (χ0n) is 10.9. The van der Waals surface area contributed by atoms with Crippen molar-refractivity contribution in [3.05, 3.63) is 0 Å². The second kappa shape index (κ2) is 5.71. The molecule has 3 nitrogen and oxygen atoms in total. The molecule has 0 aromatic heterocycles. The van der Waals surface area contributed by atoms with E-state index in [9.17, 15) is 18.0 Å². The predicted octanol–water partition coefficient (Wildman–Crippen LogP) is 2.60. The average Bonchev–Trinajstić information content (AvgIpc) is 2.08. The highest BCUT2D eigenvalue weighted by molar-refractivity contribution is 5.75. The maximum absolute atomic E-state index is 12.0. The molecular weight excluding hydrogens is 235 g/mol. The molecule has 0 bridgehead atoms. The highest BCUT2D eigenvalue weighted by Crippen LogP contribution is 2.20. The van der Waals surface area contributed by atoms with E-state index >= 15 is 0 Å². The molecule has 0 radical (unpaired) electrons. The van der Waals surface area contributed by atoms with Crippen molar-refractivity contribution in [2.75, 3.05) is 13.6 Å². The topological polar surface area (TPSA) is 29.5 Å². The van der Waals surface area contributed by atoms with Crippen molar-refractivity contribution in [1.82, 2.24) is 4.90 Å². The molecule has 1 unspecified atom stereocenters. The van der Waals surface area contributed by atoms with Gasteiger partial charge in [0.05, 0.1) is 6.42 Å². The first kappa shape index (κ1) is 16.2. The van der Waals surface area contributed by atoms with Crippen LogP contribution < -0.4 is 0 Å². The van der Waals surface area contributed by atoms with Gasteiger partial charge in [0.25, 0.3) is 0 Å². The van der Waals surface area contributed by atoms with Crippen molar-refractivity contribution < 1.29 is 22.7 Å². The summed E-state index contributed by atoms with van der Waals surface area (Å²) in [7, 11) is 1.47. The highest BCUT2D eigenvalue weighted by atomic mass is 19.4. The predicted molar refractivity (Wildman–Crippen MR) is 58.6 cm³/mol. The van der Waals surface area contributed by atoms with Gasteiger partial charge < -0.3 is 4.74 Å². The van der Waals surface area contributed by atoms with E-state index in [-0.39, 0.29) is 6.54 Å². The Hall–Kier alpha value is -0.780. The normalized spacial score (nSPS) is 14.9. The van der Waals surface area contributed by atoms with E-state index in [4.69, 9.17) is 4.74 Å². The fourth-order valence-electron chi connectivity index (χ4n) is 1.06. The lowest BCUT2D eigenvalue weighted by molar-refractivity contribution is -0.163. The minimum Gasteiger partial charge on any atom is -0.459 e. The molecule has 17 heavy (non-hydrogen) atoms. The van der Waals surface area contributed by atoms with Gasteiger partial charge in [-0.2, -0.15) is 13.2 Å². The first-order chi connectivity index (χ1) is 7.42. The number of esters is 1. The second-order valence-corrected chi connectivity index (χ2v) is 5.06. The van der Waals surface area contributed by atoms with Crippen LogP contribution in [0.3, 0.4) is 0 Å². The number of halogens is 3. The Kier molecular flexibility index (Phi) is 5.45. The molecule has 0 aliphatic heterocycles. The number of likely N-dealkylation sites (N-methyl/N-ethyl adjacent to an activating group) is 1. The van der Waals surface area contributed by atoms with Crippen LogP contribution in [0.1, 0.15) is 34.1 Å². The number of hydrogen-bond acceptors (Lipinski definition) is 3. The minimum absolute atomic E-state index is 0.218. The molecule has 0 aliphatic rings. The summed E-state index contributed by atoms with van der Waals surface area (Å²) in [6, 6.07) is -0.684. The summed E-state index contributed by atoms with van der Waals surface area (Å²) in [6.45, 7) is 6.46. The van der Waals surface area contributed by atoms with Gasteiger partial charge >= 0.3 is 12.1 Å². The third-order valence-corrected chi connectivity index (χ3v) is 2.16. The van der Waals surface area contributed by atoms with Crippen LogP contribution in [0.5, 0.6) is 0 Å². The number of carbonyl (C=O) groups excluding carboxylic acids is 1. The Morgan fingerprint density at radius 3 is 2.12 bits per heavy atom. The maximum Gasteiger partial charge on any atom is 0.390 e. The van der Waals surface area contributed by atoms with Crippen LogP contribution in [-0.4, -0.2) is 42.3 Å². The summed E-state index contributed by atoms with van der Waals surface area (Å²) in [4.78, 5) is 12.9. The average molecular weight is 255 g/mol. The summed E-state index contributed by atoms with van der Waals surface area (Å²) >= 11 is 0. The molecule has 0 saturated heterocycles. The molecule has 0 N–H and O–H groups in total. The molecule has 102 valence electrons. The number of ether oxygens (including phenoxy) is 1. The van der Waals surface area contributed by atoms with E-state index in [1.807, 2.05) is 0 Å². The molecule has 1 atom stereocenters. The Labute approximate surface area is 99.9 Å². The molecule has 0 aromatic rings. The van der Waals surface area contributed by atoms with Gasteiger partial charge in [-0.05, 0) is 34.7 Å². The van der Waals surface area contributed by atoms with Crippen LogP contribution in [0.25, 0.3) is 0 Å². The molecule has 0 heterocycles. The smallest absolute Gasteiger partial charge is 0.390 e. The highest BCUT2D eigenvalue weighted by Gasteiger charge is 2.30. The van der Waals surface area contributed by atoms with Crippen LogP contribution >= 0.6 is 0 Å². The van der Waals surface area contributed by atoms with Gasteiger partial charge in [-0.25, -0.2) is 0 Å². The van der Waals surface area contributed by atoms with Gasteiger partial charge in [-0.3, -0.25) is 9.69 Å². The third-order valence-electron chi connectivity index (χ3n) is 2.16. The lowest BCUT2D eigenvalue weighted by Crippen LogP contribution is -2.41. The van der Waals surface area contributed by atoms with Crippen molar-refractivity contribution in [3.63, 3.8) is 0 Å². The lowest BCUT2D eigenvalue weighted by Gasteiger charge is -2.27. The summed E-state index contributed by atoms with van der Waals surface area (Å²) < 4.78 is 41.1. The summed E-state index contributed by atoms with van der Waals surface area (Å²) in [5.41, 5.74) is -0.629. The number of carbonyl (C=O) groups is 1. The van der Waals surface area contributed by atoms with E-state index < -0.39 is 30.2 Å². The van der Waals surface area contributed by atoms with Crippen LogP contribution in [-0.2, 0) is 9.53 Å². The molecule has 0 spiro atoms. The van der Waals surface area contributed by atoms with Crippen molar-refractivity contribution in [2.45, 2.75) is 51.9 Å². The fourth-order valence-corrected chi connectivity index (χ4v) is 1.06. The standard InChI is InChI=1S/C11H20F3NO2/c1-8(9(16)17-10(2,3)4)15(5)7-6-11(12,13)14/h8H,6-7H2,1-5H3. The van der Waals surface area contributed by atoms with Gasteiger partial charge in [-0.15, -0.1) is 0 Å². The van der Waals surface area contributed by atoms with Crippen molar-refractivity contribution in [3.8, 4) is 0 Å². The Bertz CT molecular complexity index is 258. The monoisotopic (exact) mass is 255 g/mol. The Morgan fingerprint density at radius 1 is 1.29 bits per heavy atom. The van der Waals surface area contributed by atoms with Crippen molar-refractivity contribution >= 4 is 5.97 Å². The zero-order valence-corrected chi connectivity index (χ0v) is 10.9. The van der Waals surface area contributed by atoms with Gasteiger partial charge in [0, 0.05) is 6.54 Å². The first-order valence-corrected chi connectivity index (χ1v) is 5.42. The molecule has 0 aromatic carbocycles. The van der Waals surface area contributed by atoms with Crippen molar-refractivity contribution in [2.24, 2.45) is 0 Å². The molecule has 0 saturated carbocycles. The van der Waals surface area contributed by atoms with E-state index in [1.165, 1.54) is 18.9 Å². The molecule has 0 amide bonds. The van der Waals surface area contributed by atoms with Gasteiger partial charge in [0.2, 0.25) is 0 Å². The largest absolute Gasteiger partial charge is 0.459 e. The van der Waals surface area contributed by atoms with Gasteiger partial charge in [0.15, 0.2) is 0 Å². The third kappa shape index (κ3) is 8.01. The van der Waals surface area contributed by atoms with E-state index in [0.29, 0.717) is 0 Å². The molecule has 0 fully saturated rings. The molecule has 0 rings (SSSR count). The number of nitrogens with zero attached hydrogens (tertiary/aromatic N) is 1. The zero-order chi connectivity index (χ0) is 13.9. The maximum atomic E-state index is 12.0. The summed E-state index contributed by atoms with van der Waals surface area (Å²) in [5, 5.41) is 0. The fraction of sp³-hybridized carbons (Fsp3) is 0.909. The number of alkyl halides is 3. The van der Waals surface area contributed by atoms with Gasteiger partial charge in [-0.1, -0.05) is 0 Å². The quantitative estimate of drug-likeness (QED) is 0.723. The van der Waals surface area contributed by atoms with Crippen LogP contribution in [0.15, 0.2) is 0 Å². The van der Waals surface area contributed by atoms with Crippen LogP contribution in [0.2, 0.25) is 0 Å². The molecule has 6 heteroatoms. The Morgan fingerprint density at radius 2 is 1.76 bits per heavy atom. The number of hydrogen-bond donors (Lipinski definition) is 0. The van der Waals surface area contributed by atoms with E-state index in [1.54, 1.807) is 20.8 Å². The van der Waals surface area contributed by atoms with E-state index in [2.05, 4.69) is 0 Å². The van der Waals surface area contributed by atoms with Gasteiger partial charge in [0.1, 0.15) is 11.6 Å². The van der Waals surface area contributed by atoms with Crippen molar-refractivity contribution in [1.29, 1.82) is 0 Å². The minimum atomic E-state index is -4.21. The van der Waals surface area contributed by atoms with Crippen LogP contribution in [0, 0.1) is 0 Å². The molecular formula is C11H20F3NO2. The first-order valence-electron chi connectivity index (χ1n) is 5.42. The Balaban J connectivity index is 4.21. The number of rotatable bonds is 4. The SMILES string of the molecule is CC(C(=O)OC(C)(C)C)N(C)CCC(F)(F)F. The molecule has 0 aliphatic carbocycles. The lowest BCUT2D eigenvalue weighted by atomic mass is 10.2. The summed E-state index contributed by atoms with van der Waals surface area (Å²) in [6.07, 6.45) is -5.14. The summed E-state index contributed by atoms with van der Waals surface area (Å²) in [5.74, 6) is -0.512. The van der Waals surface area contributed by atoms with E-state index in [0.717, 1.165) is 0 Å². The van der Waals surface area contributed by atoms with Crippen LogP contribution in [0.4, 0.5) is 13.2 Å².